The van der Waals surface area contributed by atoms with Crippen molar-refractivity contribution in [2.24, 2.45) is 0 Å². The topological polar surface area (TPSA) is 51.8 Å². The van der Waals surface area contributed by atoms with E-state index in [0.717, 1.165) is 94.1 Å². The van der Waals surface area contributed by atoms with Crippen LogP contribution in [0.3, 0.4) is 0 Å². The highest BCUT2D eigenvalue weighted by Gasteiger charge is 2.35. The zero-order chi connectivity index (χ0) is 43.9. The first-order valence-corrected chi connectivity index (χ1v) is 22.6. The molecule has 0 saturated heterocycles. The van der Waals surface area contributed by atoms with Crippen molar-refractivity contribution in [3.05, 3.63) is 223 Å². The number of fused-ring (bicyclic) bond motifs is 9. The smallest absolute Gasteiger partial charge is 0.160 e. The molecule has 0 fully saturated rings. The molecule has 12 aromatic rings. The van der Waals surface area contributed by atoms with Gasteiger partial charge in [0.25, 0.3) is 0 Å². The summed E-state index contributed by atoms with van der Waals surface area (Å²) in [4.78, 5) is 15.8. The Bertz CT molecular complexity index is 3870. The quantitative estimate of drug-likeness (QED) is 0.157. The molecule has 0 radical (unpaired) electrons. The Morgan fingerprint density at radius 2 is 0.939 bits per heavy atom. The Labute approximate surface area is 382 Å². The highest BCUT2D eigenvalue weighted by molar-refractivity contribution is 6.27. The van der Waals surface area contributed by atoms with Crippen molar-refractivity contribution in [1.29, 1.82) is 0 Å². The Morgan fingerprint density at radius 1 is 0.364 bits per heavy atom. The van der Waals surface area contributed by atoms with Crippen LogP contribution in [0.5, 0.6) is 0 Å². The van der Waals surface area contributed by atoms with Crippen LogP contribution < -0.4 is 0 Å². The van der Waals surface area contributed by atoms with E-state index in [-0.39, 0.29) is 5.41 Å². The van der Waals surface area contributed by atoms with Crippen LogP contribution in [0, 0.1) is 0 Å². The maximum atomic E-state index is 6.70. The van der Waals surface area contributed by atoms with Crippen LogP contribution in [0.4, 0.5) is 0 Å². The fraction of sp³-hybridized carbons (Fsp3) is 0.0484. The lowest BCUT2D eigenvalue weighted by Crippen LogP contribution is -2.14. The molecule has 13 rings (SSSR count). The first-order valence-electron chi connectivity index (χ1n) is 22.6. The molecule has 0 N–H and O–H groups in total. The number of aromatic nitrogens is 3. The third kappa shape index (κ3) is 6.03. The number of hydrogen-bond acceptors (Lipinski definition) is 4. The normalized spacial score (nSPS) is 12.8. The lowest BCUT2D eigenvalue weighted by molar-refractivity contribution is 0.660. The van der Waals surface area contributed by atoms with E-state index in [2.05, 4.69) is 202 Å². The van der Waals surface area contributed by atoms with Gasteiger partial charge in [-0.2, -0.15) is 0 Å². The van der Waals surface area contributed by atoms with E-state index in [1.165, 1.54) is 33.4 Å². The monoisotopic (exact) mass is 843 g/mol. The minimum atomic E-state index is -0.124. The lowest BCUT2D eigenvalue weighted by Gasteiger charge is -2.22. The molecular weight excluding hydrogens is 803 g/mol. The van der Waals surface area contributed by atoms with E-state index in [1.807, 2.05) is 24.3 Å². The van der Waals surface area contributed by atoms with Gasteiger partial charge in [-0.25, -0.2) is 15.0 Å². The van der Waals surface area contributed by atoms with E-state index < -0.39 is 0 Å². The molecule has 0 bridgehead atoms. The molecule has 3 aromatic heterocycles. The van der Waals surface area contributed by atoms with Gasteiger partial charge in [0.15, 0.2) is 5.82 Å². The van der Waals surface area contributed by atoms with Gasteiger partial charge in [-0.3, -0.25) is 0 Å². The van der Waals surface area contributed by atoms with Crippen LogP contribution in [0.25, 0.3) is 122 Å². The number of nitrogens with zero attached hydrogens (tertiary/aromatic N) is 3. The standard InChI is InChI=1S/C62H41N3O/c1-62(2)50-22-12-9-19-45(50)46-34-33-44(35-51(46)62)54-37-53(64-61(65-54)43-17-7-4-8-18-43)40-27-31-42(32-28-40)60-49-36-56-59(48-21-11-14-24-55(48)66-56)57(58(49)47-20-10-13-23-52(47)63-60)41-29-25-39(26-30-41)38-15-5-3-6-16-38/h3-37H,1-2H3. The van der Waals surface area contributed by atoms with E-state index >= 15 is 0 Å². The number of furan rings is 1. The predicted octanol–water partition coefficient (Wildman–Crippen LogP) is 16.4. The predicted molar refractivity (Wildman–Crippen MR) is 272 cm³/mol. The highest BCUT2D eigenvalue weighted by atomic mass is 16.3. The molecule has 0 atom stereocenters. The number of rotatable bonds is 6. The lowest BCUT2D eigenvalue weighted by atomic mass is 9.82. The fourth-order valence-electron chi connectivity index (χ4n) is 10.4. The van der Waals surface area contributed by atoms with Gasteiger partial charge in [0.05, 0.1) is 22.6 Å². The SMILES string of the molecule is CC1(C)c2ccccc2-c2ccc(-c3cc(-c4ccc(-c5nc6ccccc6c6c(-c7ccc(-c8ccccc8)cc7)c7c(cc56)oc5ccccc57)cc4)nc(-c4ccccc4)n3)cc21. The number of pyridine rings is 1. The summed E-state index contributed by atoms with van der Waals surface area (Å²) in [6, 6.07) is 75.3. The molecular formula is C62H41N3O. The first-order chi connectivity index (χ1) is 32.5. The molecule has 66 heavy (non-hydrogen) atoms. The van der Waals surface area contributed by atoms with Crippen LogP contribution in [-0.4, -0.2) is 15.0 Å². The molecule has 4 nitrogen and oxygen atoms in total. The van der Waals surface area contributed by atoms with E-state index in [0.29, 0.717) is 5.82 Å². The van der Waals surface area contributed by atoms with Crippen molar-refractivity contribution >= 4 is 43.6 Å². The van der Waals surface area contributed by atoms with Crippen molar-refractivity contribution in [3.8, 4) is 78.5 Å². The molecule has 0 unspecified atom stereocenters. The molecule has 3 heterocycles. The Kier molecular flexibility index (Phi) is 8.53. The molecule has 1 aliphatic carbocycles. The van der Waals surface area contributed by atoms with Gasteiger partial charge in [0.2, 0.25) is 0 Å². The molecule has 0 amide bonds. The third-order valence-corrected chi connectivity index (χ3v) is 13.7. The summed E-state index contributed by atoms with van der Waals surface area (Å²) in [5.41, 5.74) is 19.1. The second kappa shape index (κ2) is 14.8. The number of benzene rings is 9. The molecule has 310 valence electrons. The van der Waals surface area contributed by atoms with Crippen molar-refractivity contribution in [1.82, 2.24) is 15.0 Å². The Balaban J connectivity index is 0.976. The summed E-state index contributed by atoms with van der Waals surface area (Å²) in [6.45, 7) is 4.64. The van der Waals surface area contributed by atoms with Crippen LogP contribution >= 0.6 is 0 Å². The van der Waals surface area contributed by atoms with E-state index in [9.17, 15) is 0 Å². The van der Waals surface area contributed by atoms with Gasteiger partial charge >= 0.3 is 0 Å². The first kappa shape index (κ1) is 38.0. The van der Waals surface area contributed by atoms with E-state index in [1.54, 1.807) is 0 Å². The maximum Gasteiger partial charge on any atom is 0.160 e. The Hall–Kier alpha value is -8.47. The summed E-state index contributed by atoms with van der Waals surface area (Å²) >= 11 is 0. The van der Waals surface area contributed by atoms with Gasteiger partial charge < -0.3 is 4.42 Å². The summed E-state index contributed by atoms with van der Waals surface area (Å²) in [6.07, 6.45) is 0. The van der Waals surface area contributed by atoms with Gasteiger partial charge in [-0.1, -0.05) is 196 Å². The minimum absolute atomic E-state index is 0.124. The average molecular weight is 844 g/mol. The van der Waals surface area contributed by atoms with Crippen molar-refractivity contribution < 1.29 is 4.42 Å². The van der Waals surface area contributed by atoms with Crippen LogP contribution in [-0.2, 0) is 5.41 Å². The van der Waals surface area contributed by atoms with Crippen molar-refractivity contribution in [2.75, 3.05) is 0 Å². The largest absolute Gasteiger partial charge is 0.456 e. The molecule has 0 aliphatic heterocycles. The highest BCUT2D eigenvalue weighted by Crippen LogP contribution is 2.50. The molecule has 0 saturated carbocycles. The molecule has 0 spiro atoms. The van der Waals surface area contributed by atoms with Crippen molar-refractivity contribution in [2.45, 2.75) is 19.3 Å². The van der Waals surface area contributed by atoms with Gasteiger partial charge in [-0.15, -0.1) is 0 Å². The second-order valence-corrected chi connectivity index (χ2v) is 17.9. The second-order valence-electron chi connectivity index (χ2n) is 17.9. The number of para-hydroxylation sites is 2. The van der Waals surface area contributed by atoms with Crippen LogP contribution in [0.1, 0.15) is 25.0 Å². The van der Waals surface area contributed by atoms with Gasteiger partial charge in [-0.05, 0) is 69.3 Å². The summed E-state index contributed by atoms with van der Waals surface area (Å²) < 4.78 is 6.70. The van der Waals surface area contributed by atoms with Gasteiger partial charge in [0, 0.05) is 60.2 Å². The van der Waals surface area contributed by atoms with Gasteiger partial charge in [0.1, 0.15) is 11.2 Å². The van der Waals surface area contributed by atoms with Crippen LogP contribution in [0.2, 0.25) is 0 Å². The molecule has 4 heteroatoms. The summed E-state index contributed by atoms with van der Waals surface area (Å²) in [7, 11) is 0. The van der Waals surface area contributed by atoms with E-state index in [4.69, 9.17) is 19.4 Å². The summed E-state index contributed by atoms with van der Waals surface area (Å²) in [5.74, 6) is 0.691. The molecule has 9 aromatic carbocycles. The maximum absolute atomic E-state index is 6.70. The zero-order valence-electron chi connectivity index (χ0n) is 36.5. The minimum Gasteiger partial charge on any atom is -0.456 e. The fourth-order valence-corrected chi connectivity index (χ4v) is 10.4. The molecule has 1 aliphatic rings. The van der Waals surface area contributed by atoms with Crippen LogP contribution in [0.15, 0.2) is 217 Å². The third-order valence-electron chi connectivity index (χ3n) is 13.7. The Morgan fingerprint density at radius 3 is 1.73 bits per heavy atom. The number of hydrogen-bond donors (Lipinski definition) is 0. The zero-order valence-corrected chi connectivity index (χ0v) is 36.5. The average Bonchev–Trinajstić information content (AvgIpc) is 3.87. The van der Waals surface area contributed by atoms with Crippen molar-refractivity contribution in [3.63, 3.8) is 0 Å². The summed E-state index contributed by atoms with van der Waals surface area (Å²) in [5, 5.41) is 5.49.